The zero-order valence-corrected chi connectivity index (χ0v) is 17.0. The first kappa shape index (κ1) is 25.2. The van der Waals surface area contributed by atoms with E-state index in [0.29, 0.717) is 11.0 Å². The van der Waals surface area contributed by atoms with Gasteiger partial charge in [0.05, 0.1) is 17.7 Å². The van der Waals surface area contributed by atoms with Crippen LogP contribution in [0.3, 0.4) is 0 Å². The first-order chi connectivity index (χ1) is 15.8. The van der Waals surface area contributed by atoms with Gasteiger partial charge in [0.1, 0.15) is 5.82 Å². The summed E-state index contributed by atoms with van der Waals surface area (Å²) in [7, 11) is 0. The number of carboxylic acids is 1. The van der Waals surface area contributed by atoms with Crippen molar-refractivity contribution in [2.45, 2.75) is 25.5 Å². The van der Waals surface area contributed by atoms with Crippen molar-refractivity contribution in [3.05, 3.63) is 47.0 Å². The molecule has 0 aliphatic carbocycles. The van der Waals surface area contributed by atoms with Gasteiger partial charge in [-0.25, -0.2) is 26.3 Å². The van der Waals surface area contributed by atoms with Crippen molar-refractivity contribution >= 4 is 17.6 Å². The monoisotopic (exact) mass is 498 g/mol. The minimum atomic E-state index is -4.47. The van der Waals surface area contributed by atoms with Crippen molar-refractivity contribution in [3.63, 3.8) is 0 Å². The van der Waals surface area contributed by atoms with Gasteiger partial charge in [0.15, 0.2) is 29.0 Å². The predicted octanol–water partition coefficient (Wildman–Crippen LogP) is 3.96. The van der Waals surface area contributed by atoms with Gasteiger partial charge in [-0.05, 0) is 13.0 Å². The molecule has 0 radical (unpaired) electrons. The molecule has 14 heteroatoms. The van der Waals surface area contributed by atoms with E-state index in [1.54, 1.807) is 0 Å². The summed E-state index contributed by atoms with van der Waals surface area (Å²) in [6, 6.07) is -0.505. The molecule has 6 nitrogen and oxygen atoms in total. The summed E-state index contributed by atoms with van der Waals surface area (Å²) >= 11 is 0. The number of anilines is 1. The molecule has 0 unspecified atom stereocenters. The Morgan fingerprint density at radius 3 is 2.18 bits per heavy atom. The summed E-state index contributed by atoms with van der Waals surface area (Å²) in [6.45, 7) is 0.864. The van der Waals surface area contributed by atoms with Crippen molar-refractivity contribution < 1.29 is 54.6 Å². The Morgan fingerprint density at radius 2 is 1.62 bits per heavy atom. The first-order valence-electron chi connectivity index (χ1n) is 9.46. The molecule has 2 aromatic carbocycles. The summed E-state index contributed by atoms with van der Waals surface area (Å²) < 4.78 is 116. The Hall–Kier alpha value is -3.42. The van der Waals surface area contributed by atoms with Crippen LogP contribution in [-0.2, 0) is 9.59 Å². The number of carbonyl (C=O) groups excluding carboxylic acids is 1. The second kappa shape index (κ2) is 9.08. The molecule has 0 fully saturated rings. The molecule has 0 saturated heterocycles. The van der Waals surface area contributed by atoms with Crippen LogP contribution in [0, 0.1) is 34.9 Å². The average molecular weight is 498 g/mol. The van der Waals surface area contributed by atoms with E-state index in [9.17, 15) is 44.7 Å². The van der Waals surface area contributed by atoms with Crippen LogP contribution in [0.25, 0.3) is 11.1 Å². The van der Waals surface area contributed by atoms with Gasteiger partial charge in [-0.3, -0.25) is 14.5 Å². The molecule has 0 saturated carbocycles. The molecule has 1 atom stereocenters. The molecular formula is C20H14F8N2O4. The SMILES string of the molecule is C[C@@H](CNCCC(=O)O)N1C(=O)C(F)(F)Oc2cc(F)c(-c3c(F)c(F)c(F)c(F)c3F)cc21. The largest absolute Gasteiger partial charge is 0.482 e. The highest BCUT2D eigenvalue weighted by Crippen LogP contribution is 2.45. The lowest BCUT2D eigenvalue weighted by atomic mass is 10.00. The Labute approximate surface area is 185 Å². The summed E-state index contributed by atoms with van der Waals surface area (Å²) in [5, 5.41) is 11.2. The molecule has 2 aromatic rings. The van der Waals surface area contributed by atoms with Crippen LogP contribution in [-0.4, -0.2) is 42.2 Å². The number of benzene rings is 2. The van der Waals surface area contributed by atoms with Crippen LogP contribution >= 0.6 is 0 Å². The zero-order valence-electron chi connectivity index (χ0n) is 17.0. The Balaban J connectivity index is 2.13. The number of carboxylic acid groups (broad SMARTS) is 1. The fraction of sp³-hybridized carbons (Fsp3) is 0.300. The van der Waals surface area contributed by atoms with E-state index in [4.69, 9.17) is 5.11 Å². The number of halogens is 8. The van der Waals surface area contributed by atoms with Gasteiger partial charge >= 0.3 is 18.0 Å². The smallest absolute Gasteiger partial charge is 0.481 e. The summed E-state index contributed by atoms with van der Waals surface area (Å²) in [5.41, 5.74) is -3.51. The molecular weight excluding hydrogens is 484 g/mol. The second-order valence-corrected chi connectivity index (χ2v) is 7.24. The highest BCUT2D eigenvalue weighted by molar-refractivity contribution is 6.02. The van der Waals surface area contributed by atoms with Crippen molar-refractivity contribution in [2.75, 3.05) is 18.0 Å². The number of nitrogens with zero attached hydrogens (tertiary/aromatic N) is 1. The minimum Gasteiger partial charge on any atom is -0.481 e. The lowest BCUT2D eigenvalue weighted by Crippen LogP contribution is -2.56. The van der Waals surface area contributed by atoms with E-state index in [2.05, 4.69) is 10.1 Å². The standard InChI is InChI=1S/C20H14F8N2O4/c1-7(6-29-3-2-12(31)32)30-10-4-8(9(21)5-11(10)34-20(27,28)19(30)33)13-14(22)16(24)18(26)17(25)15(13)23/h4-5,7,29H,2-3,6H2,1H3,(H,31,32)/t7-/m0/s1. The summed E-state index contributed by atoms with van der Waals surface area (Å²) in [5.74, 6) is -17.7. The lowest BCUT2D eigenvalue weighted by Gasteiger charge is -2.37. The number of hydrogen-bond donors (Lipinski definition) is 2. The van der Waals surface area contributed by atoms with Crippen molar-refractivity contribution in [1.29, 1.82) is 0 Å². The number of alkyl halides is 2. The van der Waals surface area contributed by atoms with Crippen LogP contribution < -0.4 is 15.0 Å². The molecule has 1 heterocycles. The van der Waals surface area contributed by atoms with Gasteiger partial charge in [0.25, 0.3) is 0 Å². The number of ether oxygens (including phenoxy) is 1. The highest BCUT2D eigenvalue weighted by Gasteiger charge is 2.52. The number of hydrogen-bond acceptors (Lipinski definition) is 4. The number of nitrogens with one attached hydrogen (secondary N) is 1. The van der Waals surface area contributed by atoms with E-state index in [1.807, 2.05) is 0 Å². The molecule has 34 heavy (non-hydrogen) atoms. The maximum Gasteiger partial charge on any atom is 0.482 e. The quantitative estimate of drug-likeness (QED) is 0.262. The molecule has 2 N–H and O–H groups in total. The van der Waals surface area contributed by atoms with E-state index in [-0.39, 0.29) is 25.6 Å². The Kier molecular flexibility index (Phi) is 6.73. The first-order valence-corrected chi connectivity index (χ1v) is 9.46. The van der Waals surface area contributed by atoms with Gasteiger partial charge in [0.2, 0.25) is 5.82 Å². The third-order valence-electron chi connectivity index (χ3n) is 4.89. The highest BCUT2D eigenvalue weighted by atomic mass is 19.3. The van der Waals surface area contributed by atoms with Gasteiger partial charge in [-0.15, -0.1) is 0 Å². The maximum absolute atomic E-state index is 14.6. The minimum absolute atomic E-state index is 0.110. The molecule has 1 amide bonds. The molecule has 0 aromatic heterocycles. The van der Waals surface area contributed by atoms with E-state index in [1.165, 1.54) is 6.92 Å². The van der Waals surface area contributed by atoms with Crippen LogP contribution in [0.1, 0.15) is 13.3 Å². The number of amides is 1. The summed E-state index contributed by atoms with van der Waals surface area (Å²) in [6.07, 6.45) is -4.81. The number of rotatable bonds is 7. The Bertz CT molecular complexity index is 1140. The number of aliphatic carboxylic acids is 1. The van der Waals surface area contributed by atoms with Gasteiger partial charge in [-0.1, -0.05) is 0 Å². The van der Waals surface area contributed by atoms with Crippen LogP contribution in [0.2, 0.25) is 0 Å². The van der Waals surface area contributed by atoms with Crippen LogP contribution in [0.5, 0.6) is 5.75 Å². The van der Waals surface area contributed by atoms with Crippen LogP contribution in [0.4, 0.5) is 40.8 Å². The second-order valence-electron chi connectivity index (χ2n) is 7.24. The average Bonchev–Trinajstić information content (AvgIpc) is 2.75. The third-order valence-corrected chi connectivity index (χ3v) is 4.89. The fourth-order valence-electron chi connectivity index (χ4n) is 3.31. The normalized spacial score (nSPS) is 15.7. The molecule has 0 spiro atoms. The van der Waals surface area contributed by atoms with Gasteiger partial charge in [0, 0.05) is 30.8 Å². The summed E-state index contributed by atoms with van der Waals surface area (Å²) in [4.78, 5) is 23.3. The maximum atomic E-state index is 14.6. The van der Waals surface area contributed by atoms with Crippen LogP contribution in [0.15, 0.2) is 12.1 Å². The predicted molar refractivity (Wildman–Crippen MR) is 99.3 cm³/mol. The fourth-order valence-corrected chi connectivity index (χ4v) is 3.31. The zero-order chi connectivity index (χ0) is 25.5. The van der Waals surface area contributed by atoms with Crippen molar-refractivity contribution in [3.8, 4) is 16.9 Å². The van der Waals surface area contributed by atoms with E-state index in [0.717, 1.165) is 0 Å². The molecule has 184 valence electrons. The van der Waals surface area contributed by atoms with Crippen molar-refractivity contribution in [1.82, 2.24) is 5.32 Å². The molecule has 1 aliphatic heterocycles. The van der Waals surface area contributed by atoms with Gasteiger partial charge < -0.3 is 15.2 Å². The number of fused-ring (bicyclic) bond motifs is 1. The van der Waals surface area contributed by atoms with E-state index < -0.39 is 81.5 Å². The number of carbonyl (C=O) groups is 2. The van der Waals surface area contributed by atoms with Crippen molar-refractivity contribution in [2.24, 2.45) is 0 Å². The topological polar surface area (TPSA) is 78.9 Å². The molecule has 3 rings (SSSR count). The molecule has 1 aliphatic rings. The van der Waals surface area contributed by atoms with E-state index >= 15 is 0 Å². The van der Waals surface area contributed by atoms with Gasteiger partial charge in [-0.2, -0.15) is 8.78 Å². The lowest BCUT2D eigenvalue weighted by molar-refractivity contribution is -0.193. The Morgan fingerprint density at radius 1 is 1.06 bits per heavy atom. The third kappa shape index (κ3) is 4.36. The molecule has 0 bridgehead atoms.